The summed E-state index contributed by atoms with van der Waals surface area (Å²) in [5, 5.41) is 0. The van der Waals surface area contributed by atoms with Crippen LogP contribution >= 0.6 is 0 Å². The molecule has 0 radical (unpaired) electrons. The van der Waals surface area contributed by atoms with E-state index in [-0.39, 0.29) is 11.6 Å². The number of hydrogen-bond acceptors (Lipinski definition) is 4. The van der Waals surface area contributed by atoms with Gasteiger partial charge < -0.3 is 9.80 Å². The molecule has 6 nitrogen and oxygen atoms in total. The molecule has 0 saturated carbocycles. The minimum Gasteiger partial charge on any atom is -0.368 e. The van der Waals surface area contributed by atoms with E-state index in [0.717, 1.165) is 16.2 Å². The van der Waals surface area contributed by atoms with Crippen molar-refractivity contribution >= 4 is 27.3 Å². The molecule has 0 N–H and O–H groups in total. The minimum absolute atomic E-state index is 0.114. The molecule has 1 aliphatic heterocycles. The highest BCUT2D eigenvalue weighted by Crippen LogP contribution is 2.25. The molecule has 0 bridgehead atoms. The van der Waals surface area contributed by atoms with Gasteiger partial charge >= 0.3 is 0 Å². The fourth-order valence-electron chi connectivity index (χ4n) is 3.53. The van der Waals surface area contributed by atoms with Gasteiger partial charge in [-0.25, -0.2) is 12.8 Å². The average molecular weight is 420 g/mol. The van der Waals surface area contributed by atoms with E-state index < -0.39 is 22.4 Å². The minimum atomic E-state index is -3.80. The number of nitrogens with zero attached hydrogens (tertiary/aromatic N) is 3. The van der Waals surface area contributed by atoms with Gasteiger partial charge in [-0.05, 0) is 43.2 Å². The predicted molar refractivity (Wildman–Crippen MR) is 113 cm³/mol. The van der Waals surface area contributed by atoms with Crippen LogP contribution in [0.15, 0.2) is 42.5 Å². The van der Waals surface area contributed by atoms with Crippen LogP contribution in [0, 0.1) is 19.7 Å². The monoisotopic (exact) mass is 419 g/mol. The second-order valence-electron chi connectivity index (χ2n) is 7.31. The number of carbonyl (C=O) groups is 1. The van der Waals surface area contributed by atoms with Gasteiger partial charge in [0.2, 0.25) is 15.9 Å². The van der Waals surface area contributed by atoms with E-state index in [9.17, 15) is 17.6 Å². The van der Waals surface area contributed by atoms with Gasteiger partial charge in [-0.2, -0.15) is 0 Å². The van der Waals surface area contributed by atoms with Crippen LogP contribution in [-0.4, -0.2) is 58.2 Å². The molecule has 0 spiro atoms. The Balaban J connectivity index is 1.70. The number of amides is 1. The number of piperazine rings is 1. The molecule has 1 fully saturated rings. The molecule has 1 saturated heterocycles. The normalized spacial score (nSPS) is 14.8. The number of rotatable bonds is 5. The summed E-state index contributed by atoms with van der Waals surface area (Å²) in [6.07, 6.45) is 0.977. The highest BCUT2D eigenvalue weighted by molar-refractivity contribution is 7.92. The summed E-state index contributed by atoms with van der Waals surface area (Å²) in [6.45, 7) is 6.04. The SMILES string of the molecule is Cc1cccc(N2CCN(C(=O)CN(c3ccccc3F)S(C)(=O)=O)CC2)c1C. The summed E-state index contributed by atoms with van der Waals surface area (Å²) in [6, 6.07) is 11.7. The maximum Gasteiger partial charge on any atom is 0.243 e. The third-order valence-electron chi connectivity index (χ3n) is 5.35. The first-order valence-electron chi connectivity index (χ1n) is 9.49. The van der Waals surface area contributed by atoms with Crippen LogP contribution in [0.5, 0.6) is 0 Å². The molecule has 2 aromatic rings. The number of anilines is 2. The third kappa shape index (κ3) is 4.70. The van der Waals surface area contributed by atoms with E-state index in [1.165, 1.54) is 29.3 Å². The van der Waals surface area contributed by atoms with Gasteiger partial charge in [0.05, 0.1) is 11.9 Å². The number of aryl methyl sites for hydroxylation is 1. The van der Waals surface area contributed by atoms with Crippen molar-refractivity contribution < 1.29 is 17.6 Å². The first kappa shape index (κ1) is 21.1. The van der Waals surface area contributed by atoms with Crippen molar-refractivity contribution in [2.45, 2.75) is 13.8 Å². The highest BCUT2D eigenvalue weighted by Gasteiger charge is 2.28. The molecule has 0 aliphatic carbocycles. The van der Waals surface area contributed by atoms with Crippen molar-refractivity contribution in [3.63, 3.8) is 0 Å². The zero-order valence-electron chi connectivity index (χ0n) is 16.9. The number of hydrogen-bond donors (Lipinski definition) is 0. The van der Waals surface area contributed by atoms with Crippen LogP contribution in [0.2, 0.25) is 0 Å². The van der Waals surface area contributed by atoms with Crippen molar-refractivity contribution in [2.24, 2.45) is 0 Å². The topological polar surface area (TPSA) is 60.9 Å². The van der Waals surface area contributed by atoms with Gasteiger partial charge in [0.15, 0.2) is 0 Å². The molecule has 0 aromatic heterocycles. The summed E-state index contributed by atoms with van der Waals surface area (Å²) < 4.78 is 39.3. The Labute approximate surface area is 171 Å². The lowest BCUT2D eigenvalue weighted by Crippen LogP contribution is -2.52. The summed E-state index contributed by atoms with van der Waals surface area (Å²) in [7, 11) is -3.80. The summed E-state index contributed by atoms with van der Waals surface area (Å²) in [5.41, 5.74) is 3.48. The molecular formula is C21H26FN3O3S. The van der Waals surface area contributed by atoms with Gasteiger partial charge in [0, 0.05) is 31.9 Å². The molecule has 1 aliphatic rings. The lowest BCUT2D eigenvalue weighted by Gasteiger charge is -2.37. The molecule has 8 heteroatoms. The number of para-hydroxylation sites is 1. The van der Waals surface area contributed by atoms with Gasteiger partial charge in [0.1, 0.15) is 12.4 Å². The maximum absolute atomic E-state index is 14.1. The van der Waals surface area contributed by atoms with E-state index in [0.29, 0.717) is 26.2 Å². The first-order valence-corrected chi connectivity index (χ1v) is 11.3. The summed E-state index contributed by atoms with van der Waals surface area (Å²) in [5.74, 6) is -1.01. The van der Waals surface area contributed by atoms with Gasteiger partial charge in [-0.15, -0.1) is 0 Å². The second-order valence-corrected chi connectivity index (χ2v) is 9.21. The number of halogens is 1. The van der Waals surface area contributed by atoms with Crippen molar-refractivity contribution in [1.29, 1.82) is 0 Å². The van der Waals surface area contributed by atoms with Crippen LogP contribution in [0.4, 0.5) is 15.8 Å². The number of sulfonamides is 1. The van der Waals surface area contributed by atoms with Crippen molar-refractivity contribution in [3.05, 3.63) is 59.4 Å². The van der Waals surface area contributed by atoms with Gasteiger partial charge in [0.25, 0.3) is 0 Å². The van der Waals surface area contributed by atoms with Gasteiger partial charge in [-0.3, -0.25) is 9.10 Å². The quantitative estimate of drug-likeness (QED) is 0.747. The lowest BCUT2D eigenvalue weighted by atomic mass is 10.1. The zero-order chi connectivity index (χ0) is 21.2. The summed E-state index contributed by atoms with van der Waals surface area (Å²) in [4.78, 5) is 16.7. The second kappa shape index (κ2) is 8.41. The van der Waals surface area contributed by atoms with Crippen LogP contribution in [0.3, 0.4) is 0 Å². The Morgan fingerprint density at radius 3 is 2.31 bits per heavy atom. The fraction of sp³-hybridized carbons (Fsp3) is 0.381. The van der Waals surface area contributed by atoms with Crippen LogP contribution in [-0.2, 0) is 14.8 Å². The van der Waals surface area contributed by atoms with Crippen molar-refractivity contribution in [1.82, 2.24) is 4.90 Å². The fourth-order valence-corrected chi connectivity index (χ4v) is 4.38. The van der Waals surface area contributed by atoms with E-state index in [1.807, 2.05) is 6.07 Å². The van der Waals surface area contributed by atoms with E-state index in [4.69, 9.17) is 0 Å². The molecule has 1 amide bonds. The Morgan fingerprint density at radius 2 is 1.69 bits per heavy atom. The van der Waals surface area contributed by atoms with Crippen LogP contribution in [0.25, 0.3) is 0 Å². The Bertz CT molecular complexity index is 1000. The third-order valence-corrected chi connectivity index (χ3v) is 6.48. The Kier molecular flexibility index (Phi) is 6.12. The Morgan fingerprint density at radius 1 is 1.03 bits per heavy atom. The molecule has 29 heavy (non-hydrogen) atoms. The van der Waals surface area contributed by atoms with Crippen LogP contribution < -0.4 is 9.21 Å². The smallest absolute Gasteiger partial charge is 0.243 e. The first-order chi connectivity index (χ1) is 13.7. The molecular weight excluding hydrogens is 393 g/mol. The average Bonchev–Trinajstić information content (AvgIpc) is 2.68. The van der Waals surface area contributed by atoms with E-state index in [1.54, 1.807) is 11.0 Å². The molecule has 0 atom stereocenters. The number of benzene rings is 2. The Hall–Kier alpha value is -2.61. The van der Waals surface area contributed by atoms with E-state index in [2.05, 4.69) is 30.9 Å². The largest absolute Gasteiger partial charge is 0.368 e. The molecule has 1 heterocycles. The van der Waals surface area contributed by atoms with Crippen LogP contribution in [0.1, 0.15) is 11.1 Å². The molecule has 2 aromatic carbocycles. The molecule has 3 rings (SSSR count). The molecule has 0 unspecified atom stereocenters. The van der Waals surface area contributed by atoms with E-state index >= 15 is 0 Å². The zero-order valence-corrected chi connectivity index (χ0v) is 17.7. The van der Waals surface area contributed by atoms with Gasteiger partial charge in [-0.1, -0.05) is 24.3 Å². The maximum atomic E-state index is 14.1. The van der Waals surface area contributed by atoms with Crippen molar-refractivity contribution in [2.75, 3.05) is 48.2 Å². The predicted octanol–water partition coefficient (Wildman–Crippen LogP) is 2.56. The standard InChI is InChI=1S/C21H26FN3O3S/c1-16-7-6-10-19(17(16)2)23-11-13-24(14-12-23)21(26)15-25(29(3,27)28)20-9-5-4-8-18(20)22/h4-10H,11-15H2,1-3H3. The highest BCUT2D eigenvalue weighted by atomic mass is 32.2. The lowest BCUT2D eigenvalue weighted by molar-refractivity contribution is -0.129. The van der Waals surface area contributed by atoms with Crippen molar-refractivity contribution in [3.8, 4) is 0 Å². The molecule has 156 valence electrons. The summed E-state index contributed by atoms with van der Waals surface area (Å²) >= 11 is 0. The number of carbonyl (C=O) groups excluding carboxylic acids is 1.